The van der Waals surface area contributed by atoms with Gasteiger partial charge in [-0.25, -0.2) is 14.8 Å². The highest BCUT2D eigenvalue weighted by Crippen LogP contribution is 2.15. The summed E-state index contributed by atoms with van der Waals surface area (Å²) < 4.78 is 4.57. The number of allylic oxidation sites excluding steroid dienone is 2. The molecular weight excluding hydrogens is 387 g/mol. The number of ether oxygens (including phenoxy) is 1. The molecule has 0 radical (unpaired) electrons. The lowest BCUT2D eigenvalue weighted by atomic mass is 10.1. The molecular formula is C20H20Cl2N2O3. The number of carbonyl (C=O) groups is 2. The Morgan fingerprint density at radius 1 is 0.963 bits per heavy atom. The van der Waals surface area contributed by atoms with Gasteiger partial charge in [-0.2, -0.15) is 0 Å². The molecule has 0 fully saturated rings. The zero-order valence-corrected chi connectivity index (χ0v) is 16.7. The Kier molecular flexibility index (Phi) is 9.40. The van der Waals surface area contributed by atoms with Crippen molar-refractivity contribution in [2.45, 2.75) is 19.8 Å². The van der Waals surface area contributed by atoms with Crippen LogP contribution in [0.25, 0.3) is 0 Å². The number of halogens is 2. The van der Waals surface area contributed by atoms with Crippen molar-refractivity contribution in [2.75, 3.05) is 7.11 Å². The number of rotatable bonds is 6. The number of pyridine rings is 2. The fourth-order valence-electron chi connectivity index (χ4n) is 2.06. The predicted molar refractivity (Wildman–Crippen MR) is 108 cm³/mol. The summed E-state index contributed by atoms with van der Waals surface area (Å²) in [5.74, 6) is -0.732. The Hall–Kier alpha value is -2.50. The third-order valence-corrected chi connectivity index (χ3v) is 3.61. The third-order valence-electron chi connectivity index (χ3n) is 3.22. The molecule has 0 aliphatic rings. The van der Waals surface area contributed by atoms with E-state index >= 15 is 0 Å². The molecule has 0 saturated heterocycles. The van der Waals surface area contributed by atoms with Crippen molar-refractivity contribution in [3.05, 3.63) is 82.4 Å². The second-order valence-electron chi connectivity index (χ2n) is 5.40. The molecule has 0 atom stereocenters. The van der Waals surface area contributed by atoms with Gasteiger partial charge in [-0.05, 0) is 48.2 Å². The first-order valence-electron chi connectivity index (χ1n) is 7.94. The normalized spacial score (nSPS) is 9.63. The van der Waals surface area contributed by atoms with Crippen LogP contribution in [0.3, 0.4) is 0 Å². The van der Waals surface area contributed by atoms with Crippen molar-refractivity contribution in [2.24, 2.45) is 0 Å². The smallest absolute Gasteiger partial charge is 0.356 e. The molecule has 0 N–H and O–H groups in total. The summed E-state index contributed by atoms with van der Waals surface area (Å²) in [5.41, 5.74) is 2.26. The van der Waals surface area contributed by atoms with Gasteiger partial charge in [0.15, 0.2) is 5.78 Å². The van der Waals surface area contributed by atoms with Gasteiger partial charge in [0, 0.05) is 6.92 Å². The second-order valence-corrected chi connectivity index (χ2v) is 6.17. The summed E-state index contributed by atoms with van der Waals surface area (Å²) >= 11 is 11.3. The average molecular weight is 407 g/mol. The first-order chi connectivity index (χ1) is 12.8. The van der Waals surface area contributed by atoms with Gasteiger partial charge < -0.3 is 4.74 Å². The molecule has 0 aromatic carbocycles. The van der Waals surface area contributed by atoms with Crippen LogP contribution in [0.5, 0.6) is 0 Å². The van der Waals surface area contributed by atoms with E-state index < -0.39 is 5.97 Å². The monoisotopic (exact) mass is 406 g/mol. The molecule has 2 heterocycles. The van der Waals surface area contributed by atoms with E-state index in [4.69, 9.17) is 23.2 Å². The highest BCUT2D eigenvalue weighted by Gasteiger charge is 2.12. The molecule has 142 valence electrons. The Balaban J connectivity index is 0.000000289. The van der Waals surface area contributed by atoms with Gasteiger partial charge in [0.05, 0.1) is 7.11 Å². The topological polar surface area (TPSA) is 69.2 Å². The molecule has 0 amide bonds. The zero-order valence-electron chi connectivity index (χ0n) is 15.2. The first kappa shape index (κ1) is 22.5. The van der Waals surface area contributed by atoms with E-state index in [1.807, 2.05) is 0 Å². The van der Waals surface area contributed by atoms with Gasteiger partial charge in [-0.3, -0.25) is 4.79 Å². The van der Waals surface area contributed by atoms with Gasteiger partial charge in [-0.1, -0.05) is 35.4 Å². The summed E-state index contributed by atoms with van der Waals surface area (Å²) in [6.45, 7) is 8.62. The molecule has 0 bridgehead atoms. The minimum absolute atomic E-state index is 0.145. The summed E-state index contributed by atoms with van der Waals surface area (Å²) in [7, 11) is 1.28. The fraction of sp³-hybridized carbons (Fsp3) is 0.200. The van der Waals surface area contributed by atoms with Crippen LogP contribution in [0.2, 0.25) is 10.3 Å². The van der Waals surface area contributed by atoms with Crippen molar-refractivity contribution in [3.8, 4) is 0 Å². The number of hydrogen-bond donors (Lipinski definition) is 0. The van der Waals surface area contributed by atoms with E-state index in [0.29, 0.717) is 16.7 Å². The lowest BCUT2D eigenvalue weighted by molar-refractivity contribution is 0.0594. The summed E-state index contributed by atoms with van der Waals surface area (Å²) in [4.78, 5) is 30.3. The number of ketones is 1. The lowest BCUT2D eigenvalue weighted by Crippen LogP contribution is -2.09. The summed E-state index contributed by atoms with van der Waals surface area (Å²) in [6.07, 6.45) is 4.83. The molecule has 7 heteroatoms. The van der Waals surface area contributed by atoms with Crippen LogP contribution in [0.1, 0.15) is 39.0 Å². The maximum Gasteiger partial charge on any atom is 0.356 e. The Labute approximate surface area is 168 Å². The molecule has 2 aromatic rings. The Morgan fingerprint density at radius 2 is 1.44 bits per heavy atom. The van der Waals surface area contributed by atoms with E-state index in [-0.39, 0.29) is 17.2 Å². The molecule has 0 aliphatic carbocycles. The number of carbonyl (C=O) groups excluding carboxylic acids is 2. The highest BCUT2D eigenvalue weighted by atomic mass is 35.5. The van der Waals surface area contributed by atoms with E-state index in [1.165, 1.54) is 14.0 Å². The molecule has 0 saturated carbocycles. The quantitative estimate of drug-likeness (QED) is 0.294. The van der Waals surface area contributed by atoms with Crippen LogP contribution in [-0.2, 0) is 17.6 Å². The van der Waals surface area contributed by atoms with Gasteiger partial charge in [0.2, 0.25) is 0 Å². The average Bonchev–Trinajstić information content (AvgIpc) is 2.61. The fourth-order valence-corrected chi connectivity index (χ4v) is 2.57. The standard InChI is InChI=1S/C12H13NO3.C8H7Cl2N/c1-4-5-9-6-10(8(2)14)13-11(7-9)12(15)16-3;1-2-3-6-4-7(9)11-8(10)5-6/h4,6-7H,1,5H2,2-3H3;2,4-5H,1,3H2. The van der Waals surface area contributed by atoms with Crippen molar-refractivity contribution in [1.82, 2.24) is 9.97 Å². The van der Waals surface area contributed by atoms with Crippen molar-refractivity contribution in [1.29, 1.82) is 0 Å². The van der Waals surface area contributed by atoms with E-state index in [0.717, 1.165) is 17.5 Å². The van der Waals surface area contributed by atoms with Gasteiger partial charge in [-0.15, -0.1) is 13.2 Å². The van der Waals surface area contributed by atoms with Gasteiger partial charge in [0.1, 0.15) is 21.7 Å². The highest BCUT2D eigenvalue weighted by molar-refractivity contribution is 6.32. The van der Waals surface area contributed by atoms with Crippen LogP contribution in [-0.4, -0.2) is 28.8 Å². The maximum atomic E-state index is 11.3. The van der Waals surface area contributed by atoms with Crippen molar-refractivity contribution in [3.63, 3.8) is 0 Å². The van der Waals surface area contributed by atoms with E-state index in [2.05, 4.69) is 27.9 Å². The molecule has 0 spiro atoms. The van der Waals surface area contributed by atoms with Crippen molar-refractivity contribution >= 4 is 35.0 Å². The molecule has 27 heavy (non-hydrogen) atoms. The molecule has 0 unspecified atom stereocenters. The Bertz CT molecular complexity index is 831. The van der Waals surface area contributed by atoms with E-state index in [9.17, 15) is 9.59 Å². The largest absolute Gasteiger partial charge is 0.464 e. The van der Waals surface area contributed by atoms with Crippen LogP contribution in [0, 0.1) is 0 Å². The number of Topliss-reactive ketones (excluding diaryl/α,β-unsaturated/α-hetero) is 1. The number of hydrogen-bond acceptors (Lipinski definition) is 5. The minimum Gasteiger partial charge on any atom is -0.464 e. The zero-order chi connectivity index (χ0) is 20.4. The summed E-state index contributed by atoms with van der Waals surface area (Å²) in [6, 6.07) is 6.79. The van der Waals surface area contributed by atoms with Crippen LogP contribution >= 0.6 is 23.2 Å². The number of methoxy groups -OCH3 is 1. The number of nitrogens with zero attached hydrogens (tertiary/aromatic N) is 2. The summed E-state index contributed by atoms with van der Waals surface area (Å²) in [5, 5.41) is 0.851. The van der Waals surface area contributed by atoms with Crippen LogP contribution < -0.4 is 0 Å². The van der Waals surface area contributed by atoms with Gasteiger partial charge in [0.25, 0.3) is 0 Å². The maximum absolute atomic E-state index is 11.3. The van der Waals surface area contributed by atoms with E-state index in [1.54, 1.807) is 36.4 Å². The van der Waals surface area contributed by atoms with Crippen molar-refractivity contribution < 1.29 is 14.3 Å². The second kappa shape index (κ2) is 11.3. The first-order valence-corrected chi connectivity index (χ1v) is 8.70. The number of esters is 1. The van der Waals surface area contributed by atoms with Gasteiger partial charge >= 0.3 is 5.97 Å². The van der Waals surface area contributed by atoms with Crippen LogP contribution in [0.4, 0.5) is 0 Å². The molecule has 2 aromatic heterocycles. The molecule has 5 nitrogen and oxygen atoms in total. The predicted octanol–water partition coefficient (Wildman–Crippen LogP) is 4.92. The number of aromatic nitrogens is 2. The SMILES string of the molecule is C=CCc1cc(C(C)=O)nc(C(=O)OC)c1.C=CCc1cc(Cl)nc(Cl)c1. The van der Waals surface area contributed by atoms with Crippen LogP contribution in [0.15, 0.2) is 49.6 Å². The molecule has 0 aliphatic heterocycles. The minimum atomic E-state index is -0.548. The third kappa shape index (κ3) is 7.72. The molecule has 2 rings (SSSR count). The Morgan fingerprint density at radius 3 is 1.89 bits per heavy atom. The lowest BCUT2D eigenvalue weighted by Gasteiger charge is -2.04.